The number of fused-ring (bicyclic) bond motifs is 1. The fourth-order valence-corrected chi connectivity index (χ4v) is 6.76. The van der Waals surface area contributed by atoms with Crippen LogP contribution in [0.15, 0.2) is 116 Å². The van der Waals surface area contributed by atoms with E-state index in [0.717, 1.165) is 35.0 Å². The van der Waals surface area contributed by atoms with Crippen molar-refractivity contribution < 1.29 is 19.5 Å². The Morgan fingerprint density at radius 1 is 0.840 bits per heavy atom. The Bertz CT molecular complexity index is 2120. The van der Waals surface area contributed by atoms with Crippen LogP contribution in [0.2, 0.25) is 0 Å². The molecule has 0 unspecified atom stereocenters. The first kappa shape index (κ1) is 32.5. The minimum absolute atomic E-state index is 0.105. The largest absolute Gasteiger partial charge is 0.478 e. The van der Waals surface area contributed by atoms with E-state index in [0.29, 0.717) is 29.4 Å². The molecule has 0 spiro atoms. The van der Waals surface area contributed by atoms with Gasteiger partial charge in [-0.2, -0.15) is 5.10 Å². The third-order valence-electron chi connectivity index (χ3n) is 9.29. The molecule has 2 heterocycles. The van der Waals surface area contributed by atoms with Gasteiger partial charge in [0, 0.05) is 41.7 Å². The maximum atomic E-state index is 13.9. The van der Waals surface area contributed by atoms with Gasteiger partial charge in [0.1, 0.15) is 6.04 Å². The number of carbonyl (C=O) groups is 3. The highest BCUT2D eigenvalue weighted by atomic mass is 16.4. The van der Waals surface area contributed by atoms with Crippen LogP contribution in [0.25, 0.3) is 16.6 Å². The third kappa shape index (κ3) is 7.34. The van der Waals surface area contributed by atoms with Gasteiger partial charge in [0.2, 0.25) is 5.91 Å². The molecule has 4 aromatic carbocycles. The summed E-state index contributed by atoms with van der Waals surface area (Å²) in [6, 6.07) is 30.6. The molecule has 1 atom stereocenters. The molecular weight excluding hydrogens is 628 g/mol. The van der Waals surface area contributed by atoms with Crippen molar-refractivity contribution in [3.05, 3.63) is 144 Å². The zero-order valence-corrected chi connectivity index (χ0v) is 27.5. The number of carboxylic acid groups (broad SMARTS) is 1. The molecule has 252 valence electrons. The zero-order chi connectivity index (χ0) is 34.5. The lowest BCUT2D eigenvalue weighted by Gasteiger charge is -2.23. The number of nitrogens with one attached hydrogen (secondary N) is 2. The van der Waals surface area contributed by atoms with Crippen molar-refractivity contribution in [2.75, 3.05) is 5.32 Å². The lowest BCUT2D eigenvalue weighted by atomic mass is 9.85. The highest BCUT2D eigenvalue weighted by Gasteiger charge is 2.26. The predicted molar refractivity (Wildman–Crippen MR) is 192 cm³/mol. The van der Waals surface area contributed by atoms with E-state index < -0.39 is 23.8 Å². The molecule has 50 heavy (non-hydrogen) atoms. The number of imidazole rings is 1. The van der Waals surface area contributed by atoms with E-state index in [1.165, 1.54) is 49.2 Å². The second-order valence-electron chi connectivity index (χ2n) is 12.8. The summed E-state index contributed by atoms with van der Waals surface area (Å²) in [6.45, 7) is 0.617. The van der Waals surface area contributed by atoms with Crippen molar-refractivity contribution in [1.29, 1.82) is 0 Å². The van der Waals surface area contributed by atoms with Crippen molar-refractivity contribution in [3.63, 3.8) is 0 Å². The molecule has 10 nitrogen and oxygen atoms in total. The number of anilines is 1. The minimum Gasteiger partial charge on any atom is -0.478 e. The Morgan fingerprint density at radius 3 is 2.26 bits per heavy atom. The standard InChI is InChI=1S/C40H38N6O4/c47-38(30-18-21-34-35(22-30)44-46(33-14-8-3-9-15-33)37(34)28-12-6-2-7-13-28)43-36(39(48)42-31-19-16-29(17-20-31)40(49)50)23-32-25-45(26-41-32)24-27-10-4-1-5-11-27/h1,3-5,8-11,14-22,25-26,28,36H,2,6-7,12-13,23-24H2,(H,42,48)(H,43,47)(H,49,50)/t36-/m0/s1. The quantitative estimate of drug-likeness (QED) is 0.137. The van der Waals surface area contributed by atoms with E-state index in [9.17, 15) is 19.5 Å². The lowest BCUT2D eigenvalue weighted by Crippen LogP contribution is -2.45. The van der Waals surface area contributed by atoms with E-state index in [2.05, 4.69) is 15.6 Å². The van der Waals surface area contributed by atoms with Gasteiger partial charge in [-0.15, -0.1) is 0 Å². The molecule has 1 aliphatic carbocycles. The molecule has 0 aliphatic heterocycles. The first-order chi connectivity index (χ1) is 24.4. The van der Waals surface area contributed by atoms with Crippen LogP contribution in [0.3, 0.4) is 0 Å². The Morgan fingerprint density at radius 2 is 1.54 bits per heavy atom. The fraction of sp³-hybridized carbons (Fsp3) is 0.225. The van der Waals surface area contributed by atoms with E-state index in [1.54, 1.807) is 18.5 Å². The van der Waals surface area contributed by atoms with Crippen LogP contribution in [0.1, 0.15) is 75.7 Å². The smallest absolute Gasteiger partial charge is 0.335 e. The van der Waals surface area contributed by atoms with Gasteiger partial charge in [-0.05, 0) is 66.9 Å². The molecule has 0 radical (unpaired) electrons. The average molecular weight is 667 g/mol. The van der Waals surface area contributed by atoms with Gasteiger partial charge >= 0.3 is 5.97 Å². The number of carboxylic acids is 1. The highest BCUT2D eigenvalue weighted by molar-refractivity contribution is 6.03. The molecule has 1 aliphatic rings. The van der Waals surface area contributed by atoms with Crippen molar-refractivity contribution >= 4 is 34.4 Å². The summed E-state index contributed by atoms with van der Waals surface area (Å²) < 4.78 is 3.97. The van der Waals surface area contributed by atoms with Crippen molar-refractivity contribution in [3.8, 4) is 5.69 Å². The Kier molecular flexibility index (Phi) is 9.50. The second kappa shape index (κ2) is 14.6. The molecule has 0 saturated heterocycles. The summed E-state index contributed by atoms with van der Waals surface area (Å²) in [6.07, 6.45) is 9.55. The van der Waals surface area contributed by atoms with Gasteiger partial charge in [-0.1, -0.05) is 73.9 Å². The van der Waals surface area contributed by atoms with Crippen molar-refractivity contribution in [1.82, 2.24) is 24.6 Å². The van der Waals surface area contributed by atoms with Gasteiger partial charge < -0.3 is 20.3 Å². The Labute approximate surface area is 289 Å². The van der Waals surface area contributed by atoms with E-state index in [4.69, 9.17) is 5.10 Å². The van der Waals surface area contributed by atoms with E-state index in [-0.39, 0.29) is 12.0 Å². The lowest BCUT2D eigenvalue weighted by molar-refractivity contribution is -0.118. The number of para-hydroxylation sites is 1. The predicted octanol–water partition coefficient (Wildman–Crippen LogP) is 7.00. The topological polar surface area (TPSA) is 131 Å². The maximum Gasteiger partial charge on any atom is 0.335 e. The van der Waals surface area contributed by atoms with Crippen LogP contribution >= 0.6 is 0 Å². The first-order valence-electron chi connectivity index (χ1n) is 17.0. The zero-order valence-electron chi connectivity index (χ0n) is 27.5. The van der Waals surface area contributed by atoms with Gasteiger partial charge in [0.25, 0.3) is 5.91 Å². The van der Waals surface area contributed by atoms with E-state index in [1.807, 2.05) is 82.2 Å². The van der Waals surface area contributed by atoms with Gasteiger partial charge in [0.05, 0.1) is 34.5 Å². The molecule has 1 fully saturated rings. The molecule has 10 heteroatoms. The van der Waals surface area contributed by atoms with Crippen LogP contribution in [-0.4, -0.2) is 48.3 Å². The summed E-state index contributed by atoms with van der Waals surface area (Å²) >= 11 is 0. The van der Waals surface area contributed by atoms with Crippen LogP contribution in [0.4, 0.5) is 5.69 Å². The highest BCUT2D eigenvalue weighted by Crippen LogP contribution is 2.38. The molecule has 7 rings (SSSR count). The van der Waals surface area contributed by atoms with Crippen molar-refractivity contribution in [2.45, 2.75) is 57.0 Å². The molecule has 2 aromatic heterocycles. The molecular formula is C40H38N6O4. The maximum absolute atomic E-state index is 13.9. The number of carbonyl (C=O) groups excluding carboxylic acids is 2. The molecule has 1 saturated carbocycles. The summed E-state index contributed by atoms with van der Waals surface area (Å²) in [7, 11) is 0. The van der Waals surface area contributed by atoms with Crippen LogP contribution in [0.5, 0.6) is 0 Å². The van der Waals surface area contributed by atoms with Crippen LogP contribution in [-0.2, 0) is 17.8 Å². The Hall–Kier alpha value is -6.03. The van der Waals surface area contributed by atoms with Gasteiger partial charge in [-0.3, -0.25) is 9.59 Å². The monoisotopic (exact) mass is 666 g/mol. The number of nitrogens with zero attached hydrogens (tertiary/aromatic N) is 4. The number of benzene rings is 4. The third-order valence-corrected chi connectivity index (χ3v) is 9.29. The Balaban J connectivity index is 1.16. The summed E-state index contributed by atoms with van der Waals surface area (Å²) in [4.78, 5) is 43.4. The van der Waals surface area contributed by atoms with Gasteiger partial charge in [-0.25, -0.2) is 14.5 Å². The van der Waals surface area contributed by atoms with Crippen LogP contribution < -0.4 is 10.6 Å². The number of aromatic nitrogens is 4. The summed E-state index contributed by atoms with van der Waals surface area (Å²) in [5.41, 5.74) is 5.54. The molecule has 0 bridgehead atoms. The second-order valence-corrected chi connectivity index (χ2v) is 12.8. The minimum atomic E-state index is -1.06. The molecule has 3 N–H and O–H groups in total. The molecule has 2 amide bonds. The average Bonchev–Trinajstić information content (AvgIpc) is 3.76. The number of hydrogen-bond donors (Lipinski definition) is 3. The first-order valence-corrected chi connectivity index (χ1v) is 17.0. The molecule has 6 aromatic rings. The van der Waals surface area contributed by atoms with E-state index >= 15 is 0 Å². The number of rotatable bonds is 11. The number of hydrogen-bond acceptors (Lipinski definition) is 5. The number of amides is 2. The fourth-order valence-electron chi connectivity index (χ4n) is 6.76. The van der Waals surface area contributed by atoms with Gasteiger partial charge in [0.15, 0.2) is 0 Å². The summed E-state index contributed by atoms with van der Waals surface area (Å²) in [5, 5.41) is 21.1. The number of aromatic carboxylic acids is 1. The SMILES string of the molecule is O=C(O)c1ccc(NC(=O)[C@H](Cc2cn(Cc3ccccc3)cn2)NC(=O)c2ccc3c(C4CCCCC4)n(-c4ccccc4)nc3c2)cc1. The normalized spacial score (nSPS) is 13.9. The van der Waals surface area contributed by atoms with Crippen molar-refractivity contribution in [2.24, 2.45) is 0 Å². The summed E-state index contributed by atoms with van der Waals surface area (Å²) in [5.74, 6) is -1.54. The van der Waals surface area contributed by atoms with Crippen LogP contribution in [0, 0.1) is 0 Å².